The Bertz CT molecular complexity index is 780. The summed E-state index contributed by atoms with van der Waals surface area (Å²) in [5.74, 6) is -3.80. The second-order valence-corrected chi connectivity index (χ2v) is 7.55. The lowest BCUT2D eigenvalue weighted by atomic mass is 10.0. The van der Waals surface area contributed by atoms with Gasteiger partial charge in [-0.15, -0.1) is 0 Å². The standard InChI is InChI=1S/C20H30N4O7/c1-10(2)16(20(30)31)24-19(29)17(11(3)25)23-15(27)9-22-18(28)14(21)8-12-4-6-13(26)7-5-12/h4-7,10-11,14,16-17,25-26H,8-9,21H2,1-3H3,(H,22,28)(H,23,27)(H,24,29)(H,30,31). The molecule has 3 amide bonds. The van der Waals surface area contributed by atoms with E-state index < -0.39 is 60.4 Å². The smallest absolute Gasteiger partial charge is 0.326 e. The van der Waals surface area contributed by atoms with Gasteiger partial charge in [-0.2, -0.15) is 0 Å². The zero-order valence-electron chi connectivity index (χ0n) is 17.7. The Kier molecular flexibility index (Phi) is 9.90. The van der Waals surface area contributed by atoms with E-state index in [1.165, 1.54) is 19.1 Å². The minimum atomic E-state index is -1.41. The first-order chi connectivity index (χ1) is 14.4. The lowest BCUT2D eigenvalue weighted by Crippen LogP contribution is -2.58. The van der Waals surface area contributed by atoms with Gasteiger partial charge in [0.05, 0.1) is 18.7 Å². The number of aliphatic hydroxyl groups is 1. The Labute approximate surface area is 180 Å². The number of carbonyl (C=O) groups is 4. The molecular weight excluding hydrogens is 408 g/mol. The number of aliphatic carboxylic acids is 1. The third-order valence-electron chi connectivity index (χ3n) is 4.46. The van der Waals surface area contributed by atoms with Crippen molar-refractivity contribution in [2.45, 2.75) is 51.4 Å². The summed E-state index contributed by atoms with van der Waals surface area (Å²) in [4.78, 5) is 47.8. The SMILES string of the molecule is CC(C)C(NC(=O)C(NC(=O)CNC(=O)C(N)Cc1ccc(O)cc1)C(C)O)C(=O)O. The van der Waals surface area contributed by atoms with Crippen molar-refractivity contribution in [3.63, 3.8) is 0 Å². The van der Waals surface area contributed by atoms with Crippen molar-refractivity contribution < 1.29 is 34.5 Å². The van der Waals surface area contributed by atoms with E-state index in [0.717, 1.165) is 0 Å². The van der Waals surface area contributed by atoms with Crippen molar-refractivity contribution in [2.24, 2.45) is 11.7 Å². The molecule has 0 heterocycles. The summed E-state index contributed by atoms with van der Waals surface area (Å²) in [7, 11) is 0. The molecule has 0 saturated heterocycles. The van der Waals surface area contributed by atoms with E-state index in [2.05, 4.69) is 16.0 Å². The highest BCUT2D eigenvalue weighted by Gasteiger charge is 2.31. The highest BCUT2D eigenvalue weighted by Crippen LogP contribution is 2.10. The molecule has 31 heavy (non-hydrogen) atoms. The third kappa shape index (κ3) is 8.60. The number of amides is 3. The monoisotopic (exact) mass is 438 g/mol. The van der Waals surface area contributed by atoms with Crippen molar-refractivity contribution in [3.8, 4) is 5.75 Å². The molecule has 0 saturated carbocycles. The predicted octanol–water partition coefficient (Wildman–Crippen LogP) is -1.53. The van der Waals surface area contributed by atoms with Gasteiger partial charge < -0.3 is 37.0 Å². The van der Waals surface area contributed by atoms with Crippen LogP contribution in [0.4, 0.5) is 0 Å². The maximum absolute atomic E-state index is 12.3. The highest BCUT2D eigenvalue weighted by atomic mass is 16.4. The fourth-order valence-electron chi connectivity index (χ4n) is 2.66. The molecule has 11 nitrogen and oxygen atoms in total. The van der Waals surface area contributed by atoms with Crippen LogP contribution in [0.2, 0.25) is 0 Å². The summed E-state index contributed by atoms with van der Waals surface area (Å²) in [5, 5.41) is 35.2. The van der Waals surface area contributed by atoms with Crippen LogP contribution in [-0.4, -0.2) is 69.8 Å². The molecule has 4 atom stereocenters. The lowest BCUT2D eigenvalue weighted by molar-refractivity contribution is -0.144. The molecule has 1 aromatic rings. The Morgan fingerprint density at radius 1 is 0.968 bits per heavy atom. The van der Waals surface area contributed by atoms with E-state index in [1.807, 2.05) is 0 Å². The number of benzene rings is 1. The number of phenols is 1. The third-order valence-corrected chi connectivity index (χ3v) is 4.46. The summed E-state index contributed by atoms with van der Waals surface area (Å²) in [6.07, 6.45) is -1.13. The molecular formula is C20H30N4O7. The number of hydrogen-bond acceptors (Lipinski definition) is 7. The van der Waals surface area contributed by atoms with Gasteiger partial charge in [-0.05, 0) is 37.0 Å². The van der Waals surface area contributed by atoms with Crippen LogP contribution in [0.1, 0.15) is 26.3 Å². The van der Waals surface area contributed by atoms with Gasteiger partial charge in [-0.25, -0.2) is 4.79 Å². The molecule has 172 valence electrons. The second-order valence-electron chi connectivity index (χ2n) is 7.55. The van der Waals surface area contributed by atoms with Gasteiger partial charge in [0.25, 0.3) is 0 Å². The van der Waals surface area contributed by atoms with Gasteiger partial charge in [0.15, 0.2) is 0 Å². The van der Waals surface area contributed by atoms with Gasteiger partial charge in [0.1, 0.15) is 17.8 Å². The maximum Gasteiger partial charge on any atom is 0.326 e. The van der Waals surface area contributed by atoms with Crippen LogP contribution in [-0.2, 0) is 25.6 Å². The second kappa shape index (κ2) is 11.9. The molecule has 8 N–H and O–H groups in total. The maximum atomic E-state index is 12.3. The van der Waals surface area contributed by atoms with Crippen molar-refractivity contribution >= 4 is 23.7 Å². The number of nitrogens with one attached hydrogen (secondary N) is 3. The zero-order valence-corrected chi connectivity index (χ0v) is 17.7. The van der Waals surface area contributed by atoms with Gasteiger partial charge in [-0.1, -0.05) is 26.0 Å². The summed E-state index contributed by atoms with van der Waals surface area (Å²) in [5.41, 5.74) is 6.53. The first-order valence-electron chi connectivity index (χ1n) is 9.74. The molecule has 11 heteroatoms. The van der Waals surface area contributed by atoms with Crippen LogP contribution in [0.5, 0.6) is 5.75 Å². The normalized spacial score (nSPS) is 14.8. The molecule has 1 rings (SSSR count). The van der Waals surface area contributed by atoms with Crippen molar-refractivity contribution in [3.05, 3.63) is 29.8 Å². The Morgan fingerprint density at radius 2 is 1.55 bits per heavy atom. The van der Waals surface area contributed by atoms with Gasteiger partial charge in [0.2, 0.25) is 17.7 Å². The van der Waals surface area contributed by atoms with E-state index in [9.17, 15) is 34.5 Å². The average molecular weight is 438 g/mol. The molecule has 0 spiro atoms. The number of aromatic hydroxyl groups is 1. The van der Waals surface area contributed by atoms with Crippen LogP contribution in [0.25, 0.3) is 0 Å². The van der Waals surface area contributed by atoms with Crippen LogP contribution in [0.3, 0.4) is 0 Å². The molecule has 1 aromatic carbocycles. The van der Waals surface area contributed by atoms with Gasteiger partial charge >= 0.3 is 5.97 Å². The van der Waals surface area contributed by atoms with Crippen molar-refractivity contribution in [2.75, 3.05) is 6.54 Å². The van der Waals surface area contributed by atoms with E-state index in [0.29, 0.717) is 5.56 Å². The Morgan fingerprint density at radius 3 is 2.03 bits per heavy atom. The summed E-state index contributed by atoms with van der Waals surface area (Å²) >= 11 is 0. The fraction of sp³-hybridized carbons (Fsp3) is 0.500. The summed E-state index contributed by atoms with van der Waals surface area (Å²) in [6, 6.07) is 2.60. The molecule has 0 fully saturated rings. The largest absolute Gasteiger partial charge is 0.508 e. The van der Waals surface area contributed by atoms with Crippen molar-refractivity contribution in [1.29, 1.82) is 0 Å². The molecule has 0 radical (unpaired) electrons. The van der Waals surface area contributed by atoms with Crippen LogP contribution >= 0.6 is 0 Å². The van der Waals surface area contributed by atoms with Crippen LogP contribution < -0.4 is 21.7 Å². The number of hydrogen-bond donors (Lipinski definition) is 7. The number of carboxylic acids is 1. The fourth-order valence-corrected chi connectivity index (χ4v) is 2.66. The van der Waals surface area contributed by atoms with E-state index in [4.69, 9.17) is 5.73 Å². The van der Waals surface area contributed by atoms with Gasteiger partial charge in [-0.3, -0.25) is 14.4 Å². The number of nitrogens with two attached hydrogens (primary N) is 1. The lowest BCUT2D eigenvalue weighted by Gasteiger charge is -2.25. The Hall–Kier alpha value is -3.18. The minimum absolute atomic E-state index is 0.0817. The van der Waals surface area contributed by atoms with Crippen LogP contribution in [0, 0.1) is 5.92 Å². The predicted molar refractivity (Wildman–Crippen MR) is 111 cm³/mol. The molecule has 0 aliphatic rings. The molecule has 0 bridgehead atoms. The quantitative estimate of drug-likeness (QED) is 0.216. The van der Waals surface area contributed by atoms with Gasteiger partial charge in [0, 0.05) is 0 Å². The number of phenolic OH excluding ortho intramolecular Hbond substituents is 1. The van der Waals surface area contributed by atoms with E-state index in [1.54, 1.807) is 26.0 Å². The number of aliphatic hydroxyl groups excluding tert-OH is 1. The topological polar surface area (TPSA) is 191 Å². The van der Waals surface area contributed by atoms with Crippen molar-refractivity contribution in [1.82, 2.24) is 16.0 Å². The molecule has 4 unspecified atom stereocenters. The molecule has 0 aromatic heterocycles. The van der Waals surface area contributed by atoms with E-state index in [-0.39, 0.29) is 12.2 Å². The number of carboxylic acid groups (broad SMARTS) is 1. The molecule has 0 aliphatic heterocycles. The average Bonchev–Trinajstić information content (AvgIpc) is 2.68. The first-order valence-corrected chi connectivity index (χ1v) is 9.74. The highest BCUT2D eigenvalue weighted by molar-refractivity contribution is 5.92. The van der Waals surface area contributed by atoms with Crippen LogP contribution in [0.15, 0.2) is 24.3 Å². The zero-order chi connectivity index (χ0) is 23.7. The Balaban J connectivity index is 2.60. The van der Waals surface area contributed by atoms with E-state index >= 15 is 0 Å². The first kappa shape index (κ1) is 25.9. The number of rotatable bonds is 11. The molecule has 0 aliphatic carbocycles. The minimum Gasteiger partial charge on any atom is -0.508 e. The summed E-state index contributed by atoms with van der Waals surface area (Å²) in [6.45, 7) is 3.98. The summed E-state index contributed by atoms with van der Waals surface area (Å²) < 4.78 is 0. The number of carbonyl (C=O) groups excluding carboxylic acids is 3.